The summed E-state index contributed by atoms with van der Waals surface area (Å²) in [7, 11) is 0. The third-order valence-electron chi connectivity index (χ3n) is 5.85. The van der Waals surface area contributed by atoms with E-state index in [9.17, 15) is 19.5 Å². The number of pyridine rings is 1. The number of carbonyl (C=O) groups is 2. The molecule has 3 heterocycles. The molecule has 1 aliphatic rings. The maximum absolute atomic E-state index is 13.1. The minimum atomic E-state index is -0.335. The fourth-order valence-electron chi connectivity index (χ4n) is 4.14. The topological polar surface area (TPSA) is 91.6 Å². The highest BCUT2D eigenvalue weighted by molar-refractivity contribution is 7.18. The maximum Gasteiger partial charge on any atom is 0.265 e. The summed E-state index contributed by atoms with van der Waals surface area (Å²) in [6, 6.07) is 19.3. The van der Waals surface area contributed by atoms with Gasteiger partial charge >= 0.3 is 0 Å². The van der Waals surface area contributed by atoms with Crippen LogP contribution in [0.25, 0.3) is 5.69 Å². The Balaban J connectivity index is 1.37. The zero-order valence-corrected chi connectivity index (χ0v) is 20.0. The quantitative estimate of drug-likeness (QED) is 0.405. The lowest BCUT2D eigenvalue weighted by Crippen LogP contribution is -2.24. The molecule has 2 aromatic carbocycles. The van der Waals surface area contributed by atoms with Crippen LogP contribution in [0.5, 0.6) is 0 Å². The Labute approximate surface area is 209 Å². The van der Waals surface area contributed by atoms with Gasteiger partial charge < -0.3 is 15.3 Å². The van der Waals surface area contributed by atoms with Gasteiger partial charge in [-0.2, -0.15) is 0 Å². The first kappa shape index (κ1) is 23.0. The summed E-state index contributed by atoms with van der Waals surface area (Å²) in [5, 5.41) is 12.3. The molecule has 35 heavy (non-hydrogen) atoms. The molecule has 0 bridgehead atoms. The number of aliphatic hydroxyl groups is 1. The van der Waals surface area contributed by atoms with Crippen molar-refractivity contribution in [3.05, 3.63) is 115 Å². The Bertz CT molecular complexity index is 1510. The standard InChI is InChI=1S/C26H20ClN3O4S/c27-23-10-9-22(35-23)24(32)28-21-8-2-7-19-20(21)14-29(26(19)34)13-16-4-1-6-18(12-16)30-11-3-5-17(15-31)25(30)33/h1-12,31H,13-15H2,(H,28,32). The van der Waals surface area contributed by atoms with Crippen molar-refractivity contribution in [2.45, 2.75) is 19.7 Å². The number of hydrogen-bond donors (Lipinski definition) is 2. The summed E-state index contributed by atoms with van der Waals surface area (Å²) in [4.78, 5) is 40.5. The van der Waals surface area contributed by atoms with Gasteiger partial charge in [-0.3, -0.25) is 19.0 Å². The zero-order valence-electron chi connectivity index (χ0n) is 18.4. The number of thiophene rings is 1. The molecule has 0 saturated heterocycles. The number of nitrogens with zero attached hydrogens (tertiary/aromatic N) is 2. The second kappa shape index (κ2) is 9.50. The molecule has 9 heteroatoms. The molecular weight excluding hydrogens is 486 g/mol. The molecule has 0 fully saturated rings. The number of aromatic nitrogens is 1. The highest BCUT2D eigenvalue weighted by Crippen LogP contribution is 2.31. The molecule has 4 aromatic rings. The lowest BCUT2D eigenvalue weighted by atomic mass is 10.1. The van der Waals surface area contributed by atoms with Crippen molar-refractivity contribution >= 4 is 40.4 Å². The molecule has 1 aliphatic heterocycles. The normalized spacial score (nSPS) is 12.6. The molecule has 0 radical (unpaired) electrons. The molecule has 0 unspecified atom stereocenters. The van der Waals surface area contributed by atoms with Crippen molar-refractivity contribution in [1.82, 2.24) is 9.47 Å². The number of carbonyl (C=O) groups excluding carboxylic acids is 2. The van der Waals surface area contributed by atoms with Gasteiger partial charge in [0.1, 0.15) is 0 Å². The van der Waals surface area contributed by atoms with E-state index in [1.807, 2.05) is 18.2 Å². The molecule has 7 nitrogen and oxygen atoms in total. The Morgan fingerprint density at radius 2 is 1.89 bits per heavy atom. The summed E-state index contributed by atoms with van der Waals surface area (Å²) in [5.74, 6) is -0.399. The van der Waals surface area contributed by atoms with Gasteiger partial charge in [0.2, 0.25) is 0 Å². The lowest BCUT2D eigenvalue weighted by molar-refractivity contribution is 0.0766. The van der Waals surface area contributed by atoms with E-state index in [1.54, 1.807) is 59.6 Å². The molecule has 2 amide bonds. The van der Waals surface area contributed by atoms with Crippen LogP contribution in [-0.2, 0) is 19.7 Å². The minimum absolute atomic E-state index is 0.125. The van der Waals surface area contributed by atoms with Crippen molar-refractivity contribution < 1.29 is 14.7 Å². The monoisotopic (exact) mass is 505 g/mol. The second-order valence-corrected chi connectivity index (χ2v) is 9.80. The number of hydrogen-bond acceptors (Lipinski definition) is 5. The van der Waals surface area contributed by atoms with Gasteiger partial charge in [0.15, 0.2) is 0 Å². The SMILES string of the molecule is O=C(Nc1cccc2c1CN(Cc1cccc(-n3cccc(CO)c3=O)c1)C2=O)c1ccc(Cl)s1. The first-order valence-corrected chi connectivity index (χ1v) is 12.0. The maximum atomic E-state index is 13.1. The predicted octanol–water partition coefficient (Wildman–Crippen LogP) is 4.45. The average molecular weight is 506 g/mol. The van der Waals surface area contributed by atoms with E-state index in [0.29, 0.717) is 44.8 Å². The predicted molar refractivity (Wildman–Crippen MR) is 135 cm³/mol. The van der Waals surface area contributed by atoms with Crippen LogP contribution >= 0.6 is 22.9 Å². The third-order valence-corrected chi connectivity index (χ3v) is 7.08. The fraction of sp³-hybridized carbons (Fsp3) is 0.115. The zero-order chi connectivity index (χ0) is 24.5. The first-order chi connectivity index (χ1) is 16.9. The summed E-state index contributed by atoms with van der Waals surface area (Å²) in [5.41, 5.74) is 3.42. The van der Waals surface area contributed by atoms with Gasteiger partial charge in [-0.25, -0.2) is 0 Å². The minimum Gasteiger partial charge on any atom is -0.391 e. The summed E-state index contributed by atoms with van der Waals surface area (Å²) in [6.45, 7) is 0.349. The van der Waals surface area contributed by atoms with Gasteiger partial charge in [0.25, 0.3) is 17.4 Å². The highest BCUT2D eigenvalue weighted by atomic mass is 35.5. The molecule has 0 saturated carbocycles. The van der Waals surface area contributed by atoms with Gasteiger partial charge in [-0.05, 0) is 54.1 Å². The van der Waals surface area contributed by atoms with Gasteiger partial charge in [0.05, 0.1) is 15.8 Å². The van der Waals surface area contributed by atoms with E-state index in [0.717, 1.165) is 11.1 Å². The van der Waals surface area contributed by atoms with E-state index in [-0.39, 0.29) is 24.0 Å². The summed E-state index contributed by atoms with van der Waals surface area (Å²) < 4.78 is 2.00. The van der Waals surface area contributed by atoms with E-state index in [1.165, 1.54) is 15.9 Å². The lowest BCUT2D eigenvalue weighted by Gasteiger charge is -2.17. The molecule has 176 valence electrons. The van der Waals surface area contributed by atoms with E-state index in [4.69, 9.17) is 11.6 Å². The molecule has 0 atom stereocenters. The number of benzene rings is 2. The Hall–Kier alpha value is -3.72. The van der Waals surface area contributed by atoms with Crippen LogP contribution in [-0.4, -0.2) is 26.4 Å². The van der Waals surface area contributed by atoms with Crippen LogP contribution in [0.2, 0.25) is 4.34 Å². The fourth-order valence-corrected chi connectivity index (χ4v) is 5.08. The summed E-state index contributed by atoms with van der Waals surface area (Å²) >= 11 is 7.14. The van der Waals surface area contributed by atoms with Crippen molar-refractivity contribution in [3.8, 4) is 5.69 Å². The number of aliphatic hydroxyl groups excluding tert-OH is 1. The largest absolute Gasteiger partial charge is 0.391 e. The molecular formula is C26H20ClN3O4S. The Morgan fingerprint density at radius 3 is 2.66 bits per heavy atom. The van der Waals surface area contributed by atoms with Crippen LogP contribution in [0.1, 0.15) is 36.7 Å². The number of rotatable bonds is 6. The van der Waals surface area contributed by atoms with Gasteiger partial charge in [0, 0.05) is 47.4 Å². The number of amides is 2. The second-order valence-electron chi connectivity index (χ2n) is 8.09. The van der Waals surface area contributed by atoms with Crippen LogP contribution in [0.4, 0.5) is 5.69 Å². The Morgan fingerprint density at radius 1 is 1.06 bits per heavy atom. The molecule has 2 N–H and O–H groups in total. The molecule has 0 aliphatic carbocycles. The van der Waals surface area contributed by atoms with Crippen molar-refractivity contribution in [2.24, 2.45) is 0 Å². The third kappa shape index (κ3) is 4.51. The summed E-state index contributed by atoms with van der Waals surface area (Å²) in [6.07, 6.45) is 1.65. The number of halogens is 1. The molecule has 2 aromatic heterocycles. The highest BCUT2D eigenvalue weighted by Gasteiger charge is 2.30. The molecule has 0 spiro atoms. The van der Waals surface area contributed by atoms with Crippen LogP contribution in [0, 0.1) is 0 Å². The average Bonchev–Trinajstić information content (AvgIpc) is 3.43. The van der Waals surface area contributed by atoms with E-state index < -0.39 is 0 Å². The van der Waals surface area contributed by atoms with Crippen molar-refractivity contribution in [2.75, 3.05) is 5.32 Å². The van der Waals surface area contributed by atoms with Crippen LogP contribution in [0.15, 0.2) is 77.7 Å². The van der Waals surface area contributed by atoms with Crippen LogP contribution < -0.4 is 10.9 Å². The number of fused-ring (bicyclic) bond motifs is 1. The van der Waals surface area contributed by atoms with E-state index >= 15 is 0 Å². The van der Waals surface area contributed by atoms with Crippen LogP contribution in [0.3, 0.4) is 0 Å². The smallest absolute Gasteiger partial charge is 0.265 e. The Kier molecular flexibility index (Phi) is 6.25. The van der Waals surface area contributed by atoms with Gasteiger partial charge in [-0.15, -0.1) is 11.3 Å². The molecule has 5 rings (SSSR count). The first-order valence-electron chi connectivity index (χ1n) is 10.8. The van der Waals surface area contributed by atoms with Crippen molar-refractivity contribution in [1.29, 1.82) is 0 Å². The number of nitrogens with one attached hydrogen (secondary N) is 1. The van der Waals surface area contributed by atoms with Gasteiger partial charge in [-0.1, -0.05) is 29.8 Å². The van der Waals surface area contributed by atoms with E-state index in [2.05, 4.69) is 5.32 Å². The van der Waals surface area contributed by atoms with Crippen molar-refractivity contribution in [3.63, 3.8) is 0 Å². The number of anilines is 1.